The number of phenols is 1. The molecule has 0 bridgehead atoms. The topological polar surface area (TPSA) is 48.0 Å². The lowest BCUT2D eigenvalue weighted by atomic mass is 9.76. The molecule has 0 saturated carbocycles. The van der Waals surface area contributed by atoms with Gasteiger partial charge in [0.1, 0.15) is 11.5 Å². The highest BCUT2D eigenvalue weighted by atomic mass is 16.5. The van der Waals surface area contributed by atoms with Gasteiger partial charge in [0.05, 0.1) is 18.5 Å². The number of benzene rings is 2. The molecule has 2 N–H and O–H groups in total. The molecule has 0 aromatic heterocycles. The Bertz CT molecular complexity index is 825. The number of hydrogen-bond donors (Lipinski definition) is 2. The number of para-hydroxylation sites is 3. The predicted octanol–water partition coefficient (Wildman–Crippen LogP) is 3.44. The summed E-state index contributed by atoms with van der Waals surface area (Å²) in [5.41, 5.74) is 3.44. The zero-order valence-corrected chi connectivity index (χ0v) is 17.1. The van der Waals surface area contributed by atoms with E-state index in [1.165, 1.54) is 11.3 Å². The van der Waals surface area contributed by atoms with Crippen molar-refractivity contribution in [3.8, 4) is 11.5 Å². The number of piperazine rings is 1. The Morgan fingerprint density at radius 3 is 2.79 bits per heavy atom. The molecule has 3 unspecified atom stereocenters. The van der Waals surface area contributed by atoms with Gasteiger partial charge in [-0.15, -0.1) is 0 Å². The van der Waals surface area contributed by atoms with Gasteiger partial charge in [0.2, 0.25) is 0 Å². The second-order valence-electron chi connectivity index (χ2n) is 8.03. The molecule has 4 rings (SSSR count). The number of nitrogens with one attached hydrogen (secondary N) is 1. The zero-order chi connectivity index (χ0) is 19.7. The molecular formula is C23H31N3O2. The molecule has 0 amide bonds. The summed E-state index contributed by atoms with van der Waals surface area (Å²) in [6.07, 6.45) is 1.10. The second-order valence-corrected chi connectivity index (χ2v) is 8.03. The highest BCUT2D eigenvalue weighted by Crippen LogP contribution is 2.45. The van der Waals surface area contributed by atoms with Crippen LogP contribution in [-0.4, -0.2) is 51.5 Å². The first-order valence-corrected chi connectivity index (χ1v) is 10.2. The summed E-state index contributed by atoms with van der Waals surface area (Å²) in [5, 5.41) is 14.0. The average molecular weight is 382 g/mol. The van der Waals surface area contributed by atoms with Gasteiger partial charge in [-0.05, 0) is 42.0 Å². The van der Waals surface area contributed by atoms with Crippen molar-refractivity contribution in [2.45, 2.75) is 25.3 Å². The lowest BCUT2D eigenvalue weighted by Crippen LogP contribution is -2.55. The minimum absolute atomic E-state index is 0.369. The molecule has 0 aliphatic carbocycles. The fraction of sp³-hybridized carbons (Fsp3) is 0.478. The number of phenolic OH excluding ortho intramolecular Hbond substituents is 1. The molecule has 1 fully saturated rings. The van der Waals surface area contributed by atoms with E-state index in [0.29, 0.717) is 23.6 Å². The Morgan fingerprint density at radius 1 is 1.14 bits per heavy atom. The molecule has 0 radical (unpaired) electrons. The van der Waals surface area contributed by atoms with Gasteiger partial charge in [-0.3, -0.25) is 0 Å². The predicted molar refractivity (Wildman–Crippen MR) is 115 cm³/mol. The van der Waals surface area contributed by atoms with E-state index in [1.807, 2.05) is 18.2 Å². The van der Waals surface area contributed by atoms with Crippen molar-refractivity contribution in [3.05, 3.63) is 48.0 Å². The van der Waals surface area contributed by atoms with E-state index >= 15 is 0 Å². The number of hydrogen-bond acceptors (Lipinski definition) is 5. The van der Waals surface area contributed by atoms with Crippen LogP contribution in [0.1, 0.15) is 24.8 Å². The number of anilines is 2. The molecule has 2 aliphatic heterocycles. The van der Waals surface area contributed by atoms with Crippen LogP contribution in [0.2, 0.25) is 0 Å². The van der Waals surface area contributed by atoms with Crippen LogP contribution >= 0.6 is 0 Å². The van der Waals surface area contributed by atoms with Gasteiger partial charge in [-0.2, -0.15) is 0 Å². The van der Waals surface area contributed by atoms with Crippen LogP contribution in [0.4, 0.5) is 11.4 Å². The van der Waals surface area contributed by atoms with Gasteiger partial charge >= 0.3 is 0 Å². The first kappa shape index (κ1) is 18.9. The van der Waals surface area contributed by atoms with Gasteiger partial charge in [-0.25, -0.2) is 0 Å². The fourth-order valence-electron chi connectivity index (χ4n) is 5.04. The molecule has 2 aliphatic rings. The quantitative estimate of drug-likeness (QED) is 0.850. The van der Waals surface area contributed by atoms with Crippen LogP contribution in [0, 0.1) is 5.92 Å². The normalized spacial score (nSPS) is 23.2. The third-order valence-electron chi connectivity index (χ3n) is 6.52. The molecule has 3 atom stereocenters. The summed E-state index contributed by atoms with van der Waals surface area (Å²) in [7, 11) is 3.82. The van der Waals surface area contributed by atoms with Crippen molar-refractivity contribution in [2.75, 3.05) is 50.1 Å². The number of nitrogens with zero attached hydrogens (tertiary/aromatic N) is 2. The molecular weight excluding hydrogens is 350 g/mol. The van der Waals surface area contributed by atoms with Gasteiger partial charge in [0.15, 0.2) is 0 Å². The van der Waals surface area contributed by atoms with Crippen LogP contribution < -0.4 is 19.9 Å². The Hall–Kier alpha value is -2.40. The van der Waals surface area contributed by atoms with E-state index in [2.05, 4.69) is 47.3 Å². The van der Waals surface area contributed by atoms with E-state index in [1.54, 1.807) is 13.2 Å². The highest BCUT2D eigenvalue weighted by molar-refractivity contribution is 5.66. The fourth-order valence-corrected chi connectivity index (χ4v) is 5.04. The minimum atomic E-state index is 0.369. The standard InChI is InChI=1S/C23H31N3O2/c1-16(17-11-13-25(2)23-18(17)7-6-9-21(23)27)20-15-24-12-14-26(20)19-8-4-5-10-22(19)28-3/h4-10,16-17,20,24,27H,11-15H2,1-3H3. The van der Waals surface area contributed by atoms with Crippen LogP contribution in [-0.2, 0) is 0 Å². The number of methoxy groups -OCH3 is 1. The molecule has 0 spiro atoms. The summed E-state index contributed by atoms with van der Waals surface area (Å²) in [4.78, 5) is 4.70. The molecule has 2 aromatic rings. The number of aromatic hydroxyl groups is 1. The SMILES string of the molecule is COc1ccccc1N1CCNCC1C(C)C1CCN(C)c2c(O)cccc21. The van der Waals surface area contributed by atoms with E-state index in [9.17, 15) is 5.11 Å². The van der Waals surface area contributed by atoms with Crippen LogP contribution in [0.5, 0.6) is 11.5 Å². The summed E-state index contributed by atoms with van der Waals surface area (Å²) >= 11 is 0. The van der Waals surface area contributed by atoms with Crippen molar-refractivity contribution in [3.63, 3.8) is 0 Å². The molecule has 2 aromatic carbocycles. The van der Waals surface area contributed by atoms with Crippen molar-refractivity contribution >= 4 is 11.4 Å². The number of ether oxygens (including phenoxy) is 1. The molecule has 5 nitrogen and oxygen atoms in total. The smallest absolute Gasteiger partial charge is 0.142 e. The van der Waals surface area contributed by atoms with Crippen molar-refractivity contribution in [1.29, 1.82) is 0 Å². The van der Waals surface area contributed by atoms with Crippen molar-refractivity contribution in [2.24, 2.45) is 5.92 Å². The van der Waals surface area contributed by atoms with Crippen LogP contribution in [0.25, 0.3) is 0 Å². The van der Waals surface area contributed by atoms with Gasteiger partial charge in [-0.1, -0.05) is 31.2 Å². The summed E-state index contributed by atoms with van der Waals surface area (Å²) in [6.45, 7) is 6.24. The maximum Gasteiger partial charge on any atom is 0.142 e. The van der Waals surface area contributed by atoms with E-state index in [-0.39, 0.29) is 0 Å². The first-order valence-electron chi connectivity index (χ1n) is 10.2. The van der Waals surface area contributed by atoms with E-state index in [4.69, 9.17) is 4.74 Å². The molecule has 2 heterocycles. The van der Waals surface area contributed by atoms with Crippen LogP contribution in [0.15, 0.2) is 42.5 Å². The van der Waals surface area contributed by atoms with Crippen molar-refractivity contribution in [1.82, 2.24) is 5.32 Å². The minimum Gasteiger partial charge on any atom is -0.506 e. The summed E-state index contributed by atoms with van der Waals surface area (Å²) < 4.78 is 5.66. The monoisotopic (exact) mass is 381 g/mol. The lowest BCUT2D eigenvalue weighted by molar-refractivity contribution is 0.307. The van der Waals surface area contributed by atoms with E-state index in [0.717, 1.165) is 44.0 Å². The molecule has 150 valence electrons. The number of fused-ring (bicyclic) bond motifs is 1. The molecule has 1 saturated heterocycles. The highest BCUT2D eigenvalue weighted by Gasteiger charge is 2.37. The first-order chi connectivity index (χ1) is 13.6. The zero-order valence-electron chi connectivity index (χ0n) is 17.1. The Kier molecular flexibility index (Phi) is 5.36. The Morgan fingerprint density at radius 2 is 1.96 bits per heavy atom. The maximum absolute atomic E-state index is 10.5. The Balaban J connectivity index is 1.68. The largest absolute Gasteiger partial charge is 0.506 e. The lowest BCUT2D eigenvalue weighted by Gasteiger charge is -2.46. The molecule has 5 heteroatoms. The second kappa shape index (κ2) is 7.92. The third-order valence-corrected chi connectivity index (χ3v) is 6.52. The van der Waals surface area contributed by atoms with Crippen LogP contribution in [0.3, 0.4) is 0 Å². The average Bonchev–Trinajstić information content (AvgIpc) is 2.73. The number of rotatable bonds is 4. The van der Waals surface area contributed by atoms with E-state index < -0.39 is 0 Å². The maximum atomic E-state index is 10.5. The third kappa shape index (κ3) is 3.28. The summed E-state index contributed by atoms with van der Waals surface area (Å²) in [5.74, 6) is 2.18. The van der Waals surface area contributed by atoms with Gasteiger partial charge in [0.25, 0.3) is 0 Å². The molecule has 28 heavy (non-hydrogen) atoms. The van der Waals surface area contributed by atoms with Gasteiger partial charge < -0.3 is 25.0 Å². The summed E-state index contributed by atoms with van der Waals surface area (Å²) in [6, 6.07) is 14.7. The van der Waals surface area contributed by atoms with Gasteiger partial charge in [0, 0.05) is 39.3 Å². The van der Waals surface area contributed by atoms with Crippen molar-refractivity contribution < 1.29 is 9.84 Å². The Labute approximate surface area is 167 Å².